The highest BCUT2D eigenvalue weighted by atomic mass is 16.2. The Bertz CT molecular complexity index is 723. The van der Waals surface area contributed by atoms with Gasteiger partial charge in [0.1, 0.15) is 0 Å². The smallest absolute Gasteiger partial charge is 0.244 e. The normalized spacial score (nSPS) is 22.0. The standard InChI is InChI=1S/C21H22N2O/c1-15(16-12-13-16)22-23-20(24)19-14-21(19,17-8-4-2-5-9-17)18-10-6-3-7-11-18/h2-11,16,19H,12-14H2,1H3,(H,23,24)/b22-15+/t19-/m0/s1. The predicted molar refractivity (Wildman–Crippen MR) is 95.7 cm³/mol. The van der Waals surface area contributed by atoms with Gasteiger partial charge in [0.05, 0.1) is 5.92 Å². The summed E-state index contributed by atoms with van der Waals surface area (Å²) in [6, 6.07) is 20.7. The van der Waals surface area contributed by atoms with Crippen LogP contribution in [0.5, 0.6) is 0 Å². The van der Waals surface area contributed by atoms with Crippen LogP contribution in [-0.4, -0.2) is 11.6 Å². The summed E-state index contributed by atoms with van der Waals surface area (Å²) >= 11 is 0. The van der Waals surface area contributed by atoms with Crippen molar-refractivity contribution in [1.82, 2.24) is 5.43 Å². The summed E-state index contributed by atoms with van der Waals surface area (Å²) in [5.41, 5.74) is 6.06. The second kappa shape index (κ2) is 5.90. The van der Waals surface area contributed by atoms with E-state index in [1.54, 1.807) is 0 Å². The van der Waals surface area contributed by atoms with Crippen LogP contribution in [0.15, 0.2) is 65.8 Å². The Hall–Kier alpha value is -2.42. The first kappa shape index (κ1) is 15.1. The fraction of sp³-hybridized carbons (Fsp3) is 0.333. The molecule has 4 rings (SSSR count). The Morgan fingerprint density at radius 3 is 2.04 bits per heavy atom. The lowest BCUT2D eigenvalue weighted by Gasteiger charge is -2.18. The van der Waals surface area contributed by atoms with Crippen molar-refractivity contribution in [3.63, 3.8) is 0 Å². The summed E-state index contributed by atoms with van der Waals surface area (Å²) < 4.78 is 0. The number of hydrogen-bond acceptors (Lipinski definition) is 2. The highest BCUT2D eigenvalue weighted by Crippen LogP contribution is 2.58. The number of nitrogens with zero attached hydrogens (tertiary/aromatic N) is 1. The molecule has 122 valence electrons. The van der Waals surface area contributed by atoms with Gasteiger partial charge in [-0.15, -0.1) is 0 Å². The van der Waals surface area contributed by atoms with Crippen molar-refractivity contribution < 1.29 is 4.79 Å². The van der Waals surface area contributed by atoms with E-state index >= 15 is 0 Å². The van der Waals surface area contributed by atoms with E-state index in [4.69, 9.17) is 0 Å². The monoisotopic (exact) mass is 318 g/mol. The molecule has 3 nitrogen and oxygen atoms in total. The number of nitrogens with one attached hydrogen (secondary N) is 1. The van der Waals surface area contributed by atoms with Crippen LogP contribution in [0, 0.1) is 11.8 Å². The van der Waals surface area contributed by atoms with Crippen molar-refractivity contribution in [2.45, 2.75) is 31.6 Å². The summed E-state index contributed by atoms with van der Waals surface area (Å²) in [6.07, 6.45) is 3.24. The molecule has 0 heterocycles. The number of rotatable bonds is 5. The number of hydrogen-bond donors (Lipinski definition) is 1. The van der Waals surface area contributed by atoms with E-state index in [9.17, 15) is 4.79 Å². The average Bonchev–Trinajstić information content (AvgIpc) is 3.54. The van der Waals surface area contributed by atoms with Gasteiger partial charge in [-0.1, -0.05) is 60.7 Å². The molecule has 0 radical (unpaired) electrons. The quantitative estimate of drug-likeness (QED) is 0.659. The molecule has 1 atom stereocenters. The Morgan fingerprint density at radius 1 is 1.00 bits per heavy atom. The van der Waals surface area contributed by atoms with Crippen LogP contribution < -0.4 is 5.43 Å². The Kier molecular flexibility index (Phi) is 3.72. The molecule has 0 bridgehead atoms. The van der Waals surface area contributed by atoms with Crippen LogP contribution in [0.2, 0.25) is 0 Å². The highest BCUT2D eigenvalue weighted by Gasteiger charge is 2.60. The zero-order valence-corrected chi connectivity index (χ0v) is 13.9. The van der Waals surface area contributed by atoms with Gasteiger partial charge in [-0.2, -0.15) is 5.10 Å². The molecule has 1 amide bonds. The van der Waals surface area contributed by atoms with Gasteiger partial charge in [0.25, 0.3) is 0 Å². The minimum absolute atomic E-state index is 0.0303. The molecule has 0 unspecified atom stereocenters. The van der Waals surface area contributed by atoms with E-state index in [1.807, 2.05) is 43.3 Å². The first-order chi connectivity index (χ1) is 11.7. The largest absolute Gasteiger partial charge is 0.273 e. The molecule has 2 aliphatic carbocycles. The summed E-state index contributed by atoms with van der Waals surface area (Å²) in [6.45, 7) is 2.01. The maximum absolute atomic E-state index is 12.7. The molecule has 24 heavy (non-hydrogen) atoms. The Labute approximate surface area is 142 Å². The van der Waals surface area contributed by atoms with Crippen molar-refractivity contribution in [3.05, 3.63) is 71.8 Å². The Morgan fingerprint density at radius 2 is 1.54 bits per heavy atom. The second-order valence-corrected chi connectivity index (χ2v) is 6.96. The third-order valence-corrected chi connectivity index (χ3v) is 5.37. The molecular weight excluding hydrogens is 296 g/mol. The van der Waals surface area contributed by atoms with E-state index < -0.39 is 0 Å². The minimum Gasteiger partial charge on any atom is -0.273 e. The lowest BCUT2D eigenvalue weighted by Crippen LogP contribution is -2.26. The third kappa shape index (κ3) is 2.64. The van der Waals surface area contributed by atoms with E-state index in [0.29, 0.717) is 5.92 Å². The van der Waals surface area contributed by atoms with Gasteiger partial charge in [-0.05, 0) is 43.2 Å². The molecular formula is C21H22N2O. The van der Waals surface area contributed by atoms with Gasteiger partial charge < -0.3 is 0 Å². The zero-order chi connectivity index (χ0) is 16.6. The number of hydrazone groups is 1. The molecule has 2 saturated carbocycles. The number of benzene rings is 2. The van der Waals surface area contributed by atoms with E-state index in [1.165, 1.54) is 24.0 Å². The number of carbonyl (C=O) groups excluding carboxylic acids is 1. The molecule has 1 N–H and O–H groups in total. The summed E-state index contributed by atoms with van der Waals surface area (Å²) in [5.74, 6) is 0.554. The third-order valence-electron chi connectivity index (χ3n) is 5.37. The summed E-state index contributed by atoms with van der Waals surface area (Å²) in [5, 5.41) is 4.32. The van der Waals surface area contributed by atoms with Crippen molar-refractivity contribution >= 4 is 11.6 Å². The molecule has 2 aliphatic rings. The van der Waals surface area contributed by atoms with Crippen molar-refractivity contribution in [1.29, 1.82) is 0 Å². The lowest BCUT2D eigenvalue weighted by atomic mass is 9.85. The van der Waals surface area contributed by atoms with Crippen LogP contribution in [-0.2, 0) is 10.2 Å². The maximum Gasteiger partial charge on any atom is 0.244 e. The molecule has 0 aromatic heterocycles. The van der Waals surface area contributed by atoms with Gasteiger partial charge in [-0.3, -0.25) is 4.79 Å². The van der Waals surface area contributed by atoms with E-state index in [0.717, 1.165) is 12.1 Å². The van der Waals surface area contributed by atoms with Crippen molar-refractivity contribution in [3.8, 4) is 0 Å². The van der Waals surface area contributed by atoms with Crippen molar-refractivity contribution in [2.75, 3.05) is 0 Å². The van der Waals surface area contributed by atoms with Gasteiger partial charge in [0.2, 0.25) is 5.91 Å². The fourth-order valence-electron chi connectivity index (χ4n) is 3.67. The number of amides is 1. The summed E-state index contributed by atoms with van der Waals surface area (Å²) in [4.78, 5) is 12.7. The SMILES string of the molecule is C/C(=N\NC(=O)[C@@H]1CC1(c1ccccc1)c1ccccc1)C1CC1. The van der Waals surface area contributed by atoms with E-state index in [-0.39, 0.29) is 17.2 Å². The van der Waals surface area contributed by atoms with Crippen molar-refractivity contribution in [2.24, 2.45) is 16.9 Å². The zero-order valence-electron chi connectivity index (χ0n) is 13.9. The molecule has 2 aromatic carbocycles. The average molecular weight is 318 g/mol. The molecule has 0 aliphatic heterocycles. The van der Waals surface area contributed by atoms with Crippen LogP contribution in [0.1, 0.15) is 37.3 Å². The van der Waals surface area contributed by atoms with Crippen LogP contribution in [0.3, 0.4) is 0 Å². The van der Waals surface area contributed by atoms with Gasteiger partial charge in [0.15, 0.2) is 0 Å². The summed E-state index contributed by atoms with van der Waals surface area (Å²) in [7, 11) is 0. The van der Waals surface area contributed by atoms with Gasteiger partial charge in [0, 0.05) is 11.1 Å². The lowest BCUT2D eigenvalue weighted by molar-refractivity contribution is -0.122. The predicted octanol–water partition coefficient (Wildman–Crippen LogP) is 3.89. The van der Waals surface area contributed by atoms with Gasteiger partial charge in [-0.25, -0.2) is 5.43 Å². The topological polar surface area (TPSA) is 41.5 Å². The number of carbonyl (C=O) groups is 1. The second-order valence-electron chi connectivity index (χ2n) is 6.96. The van der Waals surface area contributed by atoms with Crippen LogP contribution >= 0.6 is 0 Å². The van der Waals surface area contributed by atoms with E-state index in [2.05, 4.69) is 34.8 Å². The molecule has 0 spiro atoms. The first-order valence-corrected chi connectivity index (χ1v) is 8.67. The molecule has 2 fully saturated rings. The minimum atomic E-state index is -0.213. The molecule has 2 aromatic rings. The van der Waals surface area contributed by atoms with Crippen LogP contribution in [0.25, 0.3) is 0 Å². The Balaban J connectivity index is 1.60. The molecule has 3 heteroatoms. The highest BCUT2D eigenvalue weighted by molar-refractivity contribution is 5.90. The molecule has 0 saturated heterocycles. The first-order valence-electron chi connectivity index (χ1n) is 8.67. The van der Waals surface area contributed by atoms with Crippen LogP contribution in [0.4, 0.5) is 0 Å². The fourth-order valence-corrected chi connectivity index (χ4v) is 3.67. The maximum atomic E-state index is 12.7. The van der Waals surface area contributed by atoms with Gasteiger partial charge >= 0.3 is 0 Å².